The van der Waals surface area contributed by atoms with Crippen LogP contribution in [0.25, 0.3) is 25.1 Å². The van der Waals surface area contributed by atoms with Gasteiger partial charge < -0.3 is 33.0 Å². The Hall–Kier alpha value is -5.67. The number of carbonyl (C=O) groups excluding carboxylic acids is 4. The quantitative estimate of drug-likeness (QED) is 0.0457. The number of halogens is 3. The second kappa shape index (κ2) is 19.8. The van der Waals surface area contributed by atoms with Gasteiger partial charge in [0.2, 0.25) is 10.7 Å². The third-order valence-electron chi connectivity index (χ3n) is 7.88. The molecule has 0 aliphatic carbocycles. The minimum absolute atomic E-state index is 0.322. The van der Waals surface area contributed by atoms with Crippen LogP contribution in [0.2, 0.25) is 0 Å². The van der Waals surface area contributed by atoms with Gasteiger partial charge >= 0.3 is 29.9 Å². The summed E-state index contributed by atoms with van der Waals surface area (Å²) in [5.74, 6) is 0.566. The number of guanidine groups is 1. The van der Waals surface area contributed by atoms with Gasteiger partial charge in [0.15, 0.2) is 25.5 Å². The molecule has 4 rings (SSSR count). The number of thiophene rings is 1. The maximum atomic E-state index is 14.3. The summed E-state index contributed by atoms with van der Waals surface area (Å²) in [6.45, 7) is 21.2. The molecule has 1 heterocycles. The molecule has 0 aliphatic heterocycles. The van der Waals surface area contributed by atoms with E-state index in [1.165, 1.54) is 0 Å². The molecule has 1 aromatic heterocycles. The molecule has 4 aromatic rings. The summed E-state index contributed by atoms with van der Waals surface area (Å²) < 4.78 is 95.1. The molecule has 0 fully saturated rings. The summed E-state index contributed by atoms with van der Waals surface area (Å²) in [6.07, 6.45) is -4.70. The van der Waals surface area contributed by atoms with Gasteiger partial charge in [0, 0.05) is 28.0 Å². The van der Waals surface area contributed by atoms with E-state index < -0.39 is 78.8 Å². The van der Waals surface area contributed by atoms with Crippen molar-refractivity contribution >= 4 is 71.1 Å². The van der Waals surface area contributed by atoms with Gasteiger partial charge in [0.25, 0.3) is 0 Å². The van der Waals surface area contributed by atoms with E-state index in [-0.39, 0.29) is 6.54 Å². The molecule has 3 aromatic carbocycles. The van der Waals surface area contributed by atoms with Crippen molar-refractivity contribution in [2.45, 2.75) is 124 Å². The lowest BCUT2D eigenvalue weighted by Gasteiger charge is -2.33. The van der Waals surface area contributed by atoms with Crippen molar-refractivity contribution in [1.82, 2.24) is 9.80 Å². The van der Waals surface area contributed by atoms with Crippen LogP contribution >= 0.6 is 10.5 Å². The molecule has 0 saturated heterocycles. The minimum Gasteiger partial charge on any atom is -0.741 e. The van der Waals surface area contributed by atoms with Gasteiger partial charge in [-0.3, -0.25) is 0 Å². The fourth-order valence-corrected chi connectivity index (χ4v) is 8.10. The van der Waals surface area contributed by atoms with Gasteiger partial charge in [-0.25, -0.2) is 32.5 Å². The van der Waals surface area contributed by atoms with Gasteiger partial charge in [0.1, 0.15) is 28.2 Å². The van der Waals surface area contributed by atoms with Crippen molar-refractivity contribution in [3.8, 4) is 16.4 Å². The Bertz CT molecular complexity index is 2530. The molecule has 0 bridgehead atoms. The van der Waals surface area contributed by atoms with Crippen LogP contribution in [0.3, 0.4) is 0 Å². The van der Waals surface area contributed by atoms with Crippen molar-refractivity contribution in [2.75, 3.05) is 14.2 Å². The van der Waals surface area contributed by atoms with Crippen molar-refractivity contribution in [3.63, 3.8) is 0 Å². The minimum atomic E-state index is -6.09. The second-order valence-electron chi connectivity index (χ2n) is 18.3. The number of fused-ring (bicyclic) bond motifs is 3. The van der Waals surface area contributed by atoms with Crippen molar-refractivity contribution in [2.24, 2.45) is 4.99 Å². The highest BCUT2D eigenvalue weighted by atomic mass is 32.2. The molecule has 0 spiro atoms. The molecule has 0 saturated carbocycles. The van der Waals surface area contributed by atoms with Crippen molar-refractivity contribution in [3.05, 3.63) is 65.7 Å². The average Bonchev–Trinajstić information content (AvgIpc) is 3.43. The van der Waals surface area contributed by atoms with Crippen molar-refractivity contribution in [1.29, 1.82) is 0 Å². The summed E-state index contributed by atoms with van der Waals surface area (Å²) in [5, 5.41) is 2.02. The van der Waals surface area contributed by atoms with Gasteiger partial charge in [-0.1, -0.05) is 23.8 Å². The summed E-state index contributed by atoms with van der Waals surface area (Å²) >= 11 is 0. The largest absolute Gasteiger partial charge is 0.741 e. The number of ether oxygens (including phenoxy) is 6. The van der Waals surface area contributed by atoms with Crippen LogP contribution in [0.4, 0.5) is 32.3 Å². The van der Waals surface area contributed by atoms with Gasteiger partial charge in [-0.15, -0.1) is 9.89 Å². The summed E-state index contributed by atoms with van der Waals surface area (Å²) in [7, 11) is -3.54. The van der Waals surface area contributed by atoms with E-state index in [1.807, 2.05) is 37.3 Å². The molecular formula is C44H56F3N3O13S2. The van der Waals surface area contributed by atoms with Crippen LogP contribution in [0.5, 0.6) is 11.5 Å². The molecule has 0 aliphatic rings. The smallest absolute Gasteiger partial charge is 0.485 e. The van der Waals surface area contributed by atoms with E-state index in [0.717, 1.165) is 35.5 Å². The number of aliphatic imine (C=N–C) groups is 1. The van der Waals surface area contributed by atoms with Crippen LogP contribution in [-0.4, -0.2) is 95.2 Å². The molecule has 4 amide bonds. The number of hydrogen-bond donors (Lipinski definition) is 0. The predicted octanol–water partition coefficient (Wildman–Crippen LogP) is 11.3. The predicted molar refractivity (Wildman–Crippen MR) is 239 cm³/mol. The highest BCUT2D eigenvalue weighted by molar-refractivity contribution is 7.86. The number of methoxy groups -OCH3 is 2. The first kappa shape index (κ1) is 53.7. The zero-order chi connectivity index (χ0) is 49.8. The molecule has 358 valence electrons. The topological polar surface area (TPSA) is 200 Å². The Labute approximate surface area is 379 Å². The van der Waals surface area contributed by atoms with Crippen LogP contribution in [0.15, 0.2) is 59.6 Å². The van der Waals surface area contributed by atoms with E-state index in [1.54, 1.807) is 103 Å². The lowest BCUT2D eigenvalue weighted by molar-refractivity contribution is -0.0518. The molecular weight excluding hydrogens is 900 g/mol. The second-order valence-corrected chi connectivity index (χ2v) is 21.6. The third-order valence-corrected chi connectivity index (χ3v) is 10.8. The Kier molecular flexibility index (Phi) is 16.4. The van der Waals surface area contributed by atoms with Crippen LogP contribution in [0, 0.1) is 6.92 Å². The van der Waals surface area contributed by atoms with Gasteiger partial charge in [-0.2, -0.15) is 13.2 Å². The van der Waals surface area contributed by atoms with E-state index in [9.17, 15) is 32.3 Å². The number of aryl methyl sites for hydroxylation is 1. The number of carbonyl (C=O) groups is 4. The number of nitrogens with zero attached hydrogens (tertiary/aromatic N) is 3. The normalized spacial score (nSPS) is 13.0. The monoisotopic (exact) mass is 955 g/mol. The number of rotatable bonds is 5. The van der Waals surface area contributed by atoms with Crippen molar-refractivity contribution < 1.29 is 73.7 Å². The highest BCUT2D eigenvalue weighted by Crippen LogP contribution is 2.53. The fraction of sp³-hybridized carbons (Fsp3) is 0.477. The van der Waals surface area contributed by atoms with Gasteiger partial charge in [-0.05, 0) is 120 Å². The first-order chi connectivity index (χ1) is 29.4. The summed E-state index contributed by atoms with van der Waals surface area (Å²) in [5.41, 5.74) is -8.32. The van der Waals surface area contributed by atoms with E-state index in [2.05, 4.69) is 23.2 Å². The Morgan fingerprint density at radius 1 is 0.692 bits per heavy atom. The molecule has 21 heteroatoms. The fourth-order valence-electron chi connectivity index (χ4n) is 5.58. The molecule has 1 unspecified atom stereocenters. The summed E-state index contributed by atoms with van der Waals surface area (Å²) in [6, 6.07) is 17.7. The Balaban J connectivity index is 0.00000128. The third kappa shape index (κ3) is 15.2. The molecule has 16 nitrogen and oxygen atoms in total. The zero-order valence-electron chi connectivity index (χ0n) is 39.0. The lowest BCUT2D eigenvalue weighted by Crippen LogP contribution is -2.55. The number of hydrogen-bond acceptors (Lipinski definition) is 13. The molecule has 1 atom stereocenters. The lowest BCUT2D eigenvalue weighted by atomic mass is 10.1. The number of benzene rings is 3. The van der Waals surface area contributed by atoms with Crippen LogP contribution in [0.1, 0.15) is 94.2 Å². The molecule has 0 radical (unpaired) electrons. The van der Waals surface area contributed by atoms with E-state index in [4.69, 9.17) is 41.4 Å². The Morgan fingerprint density at radius 2 is 1.20 bits per heavy atom. The van der Waals surface area contributed by atoms with Crippen LogP contribution < -0.4 is 9.47 Å². The van der Waals surface area contributed by atoms with Crippen LogP contribution in [-0.2, 0) is 35.6 Å². The number of amides is 4. The summed E-state index contributed by atoms with van der Waals surface area (Å²) in [4.78, 5) is 62.2. The average molecular weight is 956 g/mol. The first-order valence-electron chi connectivity index (χ1n) is 19.8. The van der Waals surface area contributed by atoms with Gasteiger partial charge in [0.05, 0.1) is 26.2 Å². The maximum Gasteiger partial charge on any atom is 0.485 e. The standard InChI is InChI=1S/C43H56N3O10S.CHF3O3S/c1-26-19-20-33-30(21-26)31-23-28(51-14)24-32(52-15)34(31)57(33)29-18-16-17-27(22-29)25-45(37(48)54-41(5,6)7)35(44-36(47)53-40(2,3)4)46(38(49)55-42(8,9)10)39(50)56-43(11,12)13;2-1(3,4)8(5,6)7/h16-24H,25H2,1-15H3;(H,5,6,7)/q+1;/p-1/b44-35-;. The Morgan fingerprint density at radius 3 is 1.66 bits per heavy atom. The van der Waals surface area contributed by atoms with E-state index >= 15 is 0 Å². The number of imide groups is 1. The zero-order valence-corrected chi connectivity index (χ0v) is 40.6. The highest BCUT2D eigenvalue weighted by Gasteiger charge is 2.42. The number of alkyl halides is 3. The molecule has 65 heavy (non-hydrogen) atoms. The SMILES string of the molecule is COc1cc(OC)c2c(c1)c1cc(C)ccc1[s+]2-c1cccc(CN(C(=O)OC(C)(C)C)/C(=N/C(=O)OC(C)(C)C)N(C(=O)OC(C)(C)C)C(=O)OC(C)(C)C)c1.O=S(=O)([O-])C(F)(F)F. The first-order valence-corrected chi connectivity index (χ1v) is 22.4. The molecule has 0 N–H and O–H groups in total. The van der Waals surface area contributed by atoms with E-state index in [0.29, 0.717) is 22.0 Å². The maximum absolute atomic E-state index is 14.3.